The van der Waals surface area contributed by atoms with Crippen LogP contribution >= 0.6 is 0 Å². The lowest BCUT2D eigenvalue weighted by Gasteiger charge is -2.25. The molecule has 0 bridgehead atoms. The molecule has 18 heavy (non-hydrogen) atoms. The Kier molecular flexibility index (Phi) is 3.79. The summed E-state index contributed by atoms with van der Waals surface area (Å²) in [4.78, 5) is 4.38. The van der Waals surface area contributed by atoms with Crippen molar-refractivity contribution in [1.29, 1.82) is 0 Å². The van der Waals surface area contributed by atoms with E-state index in [1.807, 2.05) is 6.20 Å². The average molecular weight is 245 g/mol. The number of aryl methyl sites for hydroxylation is 1. The fraction of sp³-hybridized carbons (Fsp3) is 0.667. The topological polar surface area (TPSA) is 29.9 Å². The molecule has 0 fully saturated rings. The molecule has 98 valence electrons. The molecule has 1 aromatic rings. The number of rotatable bonds is 4. The van der Waals surface area contributed by atoms with Gasteiger partial charge in [-0.05, 0) is 50.6 Å². The van der Waals surface area contributed by atoms with E-state index < -0.39 is 0 Å². The second-order valence-electron chi connectivity index (χ2n) is 5.71. The molecular weight excluding hydrogens is 222 g/mol. The van der Waals surface area contributed by atoms with E-state index in [9.17, 15) is 0 Å². The number of nitrogens with zero attached hydrogens (tertiary/aromatic N) is 2. The van der Waals surface area contributed by atoms with Crippen molar-refractivity contribution < 1.29 is 0 Å². The van der Waals surface area contributed by atoms with Gasteiger partial charge < -0.3 is 9.88 Å². The SMILES string of the molecule is C1=CC[C@@H](CNC[C@H]2CCc3nccn3C2)CC1. The number of hydrogen-bond donors (Lipinski definition) is 1. The first-order chi connectivity index (χ1) is 8.92. The van der Waals surface area contributed by atoms with Gasteiger partial charge in [0.15, 0.2) is 0 Å². The maximum atomic E-state index is 4.38. The van der Waals surface area contributed by atoms with Gasteiger partial charge in [-0.25, -0.2) is 4.98 Å². The summed E-state index contributed by atoms with van der Waals surface area (Å²) in [5, 5.41) is 3.68. The smallest absolute Gasteiger partial charge is 0.108 e. The van der Waals surface area contributed by atoms with Gasteiger partial charge in [0.1, 0.15) is 5.82 Å². The van der Waals surface area contributed by atoms with Crippen molar-refractivity contribution in [3.05, 3.63) is 30.4 Å². The lowest BCUT2D eigenvalue weighted by Crippen LogP contribution is -2.33. The molecule has 3 heteroatoms. The van der Waals surface area contributed by atoms with Gasteiger partial charge in [-0.15, -0.1) is 0 Å². The summed E-state index contributed by atoms with van der Waals surface area (Å²) in [6.07, 6.45) is 15.0. The van der Waals surface area contributed by atoms with Crippen molar-refractivity contribution >= 4 is 0 Å². The van der Waals surface area contributed by atoms with E-state index in [2.05, 4.69) is 33.2 Å². The highest BCUT2D eigenvalue weighted by Gasteiger charge is 2.18. The third-order valence-corrected chi connectivity index (χ3v) is 4.28. The molecule has 2 aliphatic rings. The Labute approximate surface area is 109 Å². The molecule has 0 saturated heterocycles. The summed E-state index contributed by atoms with van der Waals surface area (Å²) in [7, 11) is 0. The number of aromatic nitrogens is 2. The second-order valence-corrected chi connectivity index (χ2v) is 5.71. The first-order valence-electron chi connectivity index (χ1n) is 7.27. The largest absolute Gasteiger partial charge is 0.335 e. The molecule has 0 saturated carbocycles. The minimum Gasteiger partial charge on any atom is -0.335 e. The molecule has 2 heterocycles. The molecule has 0 unspecified atom stereocenters. The highest BCUT2D eigenvalue weighted by molar-refractivity contribution is 4.97. The van der Waals surface area contributed by atoms with Crippen LogP contribution in [0.3, 0.4) is 0 Å². The van der Waals surface area contributed by atoms with Crippen LogP contribution in [0.4, 0.5) is 0 Å². The van der Waals surface area contributed by atoms with Crippen molar-refractivity contribution in [2.45, 2.75) is 38.6 Å². The number of allylic oxidation sites excluding steroid dienone is 2. The molecular formula is C15H23N3. The zero-order chi connectivity index (χ0) is 12.2. The lowest BCUT2D eigenvalue weighted by molar-refractivity contribution is 0.332. The summed E-state index contributed by atoms with van der Waals surface area (Å²) in [5.74, 6) is 2.91. The Morgan fingerprint density at radius 2 is 2.17 bits per heavy atom. The van der Waals surface area contributed by atoms with Gasteiger partial charge in [0, 0.05) is 25.4 Å². The Morgan fingerprint density at radius 3 is 3.06 bits per heavy atom. The van der Waals surface area contributed by atoms with Crippen molar-refractivity contribution in [2.24, 2.45) is 11.8 Å². The van der Waals surface area contributed by atoms with Gasteiger partial charge >= 0.3 is 0 Å². The first-order valence-corrected chi connectivity index (χ1v) is 7.27. The van der Waals surface area contributed by atoms with Gasteiger partial charge in [-0.3, -0.25) is 0 Å². The highest BCUT2D eigenvalue weighted by atomic mass is 15.1. The standard InChI is InChI=1S/C15H23N3/c1-2-4-13(5-3-1)10-16-11-14-6-7-15-17-8-9-18(15)12-14/h1-2,8-9,13-14,16H,3-7,10-12H2/t13-,14-/m1/s1. The van der Waals surface area contributed by atoms with E-state index in [0.29, 0.717) is 0 Å². The van der Waals surface area contributed by atoms with Crippen LogP contribution in [-0.2, 0) is 13.0 Å². The second kappa shape index (κ2) is 5.70. The summed E-state index contributed by atoms with van der Waals surface area (Å²) < 4.78 is 2.32. The van der Waals surface area contributed by atoms with Crippen LogP contribution in [0.15, 0.2) is 24.5 Å². The van der Waals surface area contributed by atoms with E-state index in [4.69, 9.17) is 0 Å². The minimum absolute atomic E-state index is 0.783. The third kappa shape index (κ3) is 2.83. The van der Waals surface area contributed by atoms with Crippen LogP contribution in [0.2, 0.25) is 0 Å². The Bertz CT molecular complexity index is 408. The Balaban J connectivity index is 1.40. The van der Waals surface area contributed by atoms with Crippen molar-refractivity contribution in [3.63, 3.8) is 0 Å². The summed E-state index contributed by atoms with van der Waals surface area (Å²) in [6, 6.07) is 0. The van der Waals surface area contributed by atoms with Crippen molar-refractivity contribution in [3.8, 4) is 0 Å². The fourth-order valence-electron chi connectivity index (χ4n) is 3.14. The van der Waals surface area contributed by atoms with E-state index in [1.165, 1.54) is 38.1 Å². The van der Waals surface area contributed by atoms with Gasteiger partial charge in [0.05, 0.1) is 0 Å². The van der Waals surface area contributed by atoms with Gasteiger partial charge in [0.25, 0.3) is 0 Å². The predicted octanol–water partition coefficient (Wildman–Crippen LogP) is 2.39. The van der Waals surface area contributed by atoms with Gasteiger partial charge in [-0.2, -0.15) is 0 Å². The number of imidazole rings is 1. The van der Waals surface area contributed by atoms with E-state index in [1.54, 1.807) is 0 Å². The summed E-state index contributed by atoms with van der Waals surface area (Å²) >= 11 is 0. The molecule has 1 aliphatic heterocycles. The molecule has 1 aromatic heterocycles. The maximum absolute atomic E-state index is 4.38. The number of fused-ring (bicyclic) bond motifs is 1. The Morgan fingerprint density at radius 1 is 1.22 bits per heavy atom. The van der Waals surface area contributed by atoms with E-state index >= 15 is 0 Å². The summed E-state index contributed by atoms with van der Waals surface area (Å²) in [5.41, 5.74) is 0. The number of hydrogen-bond acceptors (Lipinski definition) is 2. The summed E-state index contributed by atoms with van der Waals surface area (Å²) in [6.45, 7) is 3.50. The fourth-order valence-corrected chi connectivity index (χ4v) is 3.14. The van der Waals surface area contributed by atoms with Crippen LogP contribution in [0, 0.1) is 11.8 Å². The molecule has 2 atom stereocenters. The molecule has 0 aromatic carbocycles. The van der Waals surface area contributed by atoms with Crippen molar-refractivity contribution in [2.75, 3.05) is 13.1 Å². The molecule has 3 rings (SSSR count). The normalized spacial score (nSPS) is 27.1. The van der Waals surface area contributed by atoms with E-state index in [0.717, 1.165) is 31.3 Å². The molecule has 0 radical (unpaired) electrons. The Hall–Kier alpha value is -1.09. The quantitative estimate of drug-likeness (QED) is 0.825. The maximum Gasteiger partial charge on any atom is 0.108 e. The zero-order valence-electron chi connectivity index (χ0n) is 11.0. The molecule has 0 spiro atoms. The van der Waals surface area contributed by atoms with Crippen LogP contribution in [0.1, 0.15) is 31.5 Å². The van der Waals surface area contributed by atoms with Gasteiger partial charge in [0.2, 0.25) is 0 Å². The minimum atomic E-state index is 0.783. The first kappa shape index (κ1) is 12.0. The molecule has 0 amide bonds. The highest BCUT2D eigenvalue weighted by Crippen LogP contribution is 2.19. The zero-order valence-corrected chi connectivity index (χ0v) is 11.0. The molecule has 1 N–H and O–H groups in total. The number of nitrogens with one attached hydrogen (secondary N) is 1. The predicted molar refractivity (Wildman–Crippen MR) is 73.4 cm³/mol. The van der Waals surface area contributed by atoms with E-state index in [-0.39, 0.29) is 0 Å². The van der Waals surface area contributed by atoms with Crippen LogP contribution in [0.5, 0.6) is 0 Å². The average Bonchev–Trinajstić information content (AvgIpc) is 2.87. The van der Waals surface area contributed by atoms with Crippen molar-refractivity contribution in [1.82, 2.24) is 14.9 Å². The van der Waals surface area contributed by atoms with Crippen LogP contribution < -0.4 is 5.32 Å². The molecule has 3 nitrogen and oxygen atoms in total. The third-order valence-electron chi connectivity index (χ3n) is 4.28. The lowest BCUT2D eigenvalue weighted by atomic mass is 9.94. The van der Waals surface area contributed by atoms with Crippen LogP contribution in [0.25, 0.3) is 0 Å². The molecule has 1 aliphatic carbocycles. The van der Waals surface area contributed by atoms with Crippen LogP contribution in [-0.4, -0.2) is 22.6 Å². The van der Waals surface area contributed by atoms with Gasteiger partial charge in [-0.1, -0.05) is 12.2 Å². The monoisotopic (exact) mass is 245 g/mol.